The summed E-state index contributed by atoms with van der Waals surface area (Å²) in [5.74, 6) is -3.37. The number of nitrogens with one attached hydrogen (secondary N) is 1. The lowest BCUT2D eigenvalue weighted by Gasteiger charge is -2.23. The number of aliphatic carboxylic acids is 2. The van der Waals surface area contributed by atoms with Gasteiger partial charge >= 0.3 is 11.9 Å². The van der Waals surface area contributed by atoms with Crippen LogP contribution in [0.2, 0.25) is 0 Å². The third-order valence-electron chi connectivity index (χ3n) is 6.70. The molecule has 2 atom stereocenters. The number of unbranched alkanes of at least 4 members (excludes halogenated alkanes) is 4. The average Bonchev–Trinajstić information content (AvgIpc) is 2.89. The van der Waals surface area contributed by atoms with Crippen molar-refractivity contribution in [2.45, 2.75) is 84.3 Å². The molecular weight excluding hydrogens is 498 g/mol. The normalized spacial score (nSPS) is 12.6. The van der Waals surface area contributed by atoms with Gasteiger partial charge in [-0.3, -0.25) is 4.79 Å². The SMILES string of the molecule is Cc1ccc(CCCCCNC(=O)C(OCCCCCc2ccc(C)c(C)c2)C(OCC(=O)O)C(=O)O)cc1. The number of hydrogen-bond acceptors (Lipinski definition) is 5. The highest BCUT2D eigenvalue weighted by atomic mass is 16.6. The minimum Gasteiger partial charge on any atom is -0.480 e. The Morgan fingerprint density at radius 3 is 2.03 bits per heavy atom. The van der Waals surface area contributed by atoms with E-state index in [4.69, 9.17) is 14.6 Å². The number of benzene rings is 2. The number of rotatable bonds is 19. The molecule has 1 amide bonds. The third-order valence-corrected chi connectivity index (χ3v) is 6.70. The van der Waals surface area contributed by atoms with Crippen LogP contribution in [0.15, 0.2) is 42.5 Å². The molecule has 0 saturated heterocycles. The van der Waals surface area contributed by atoms with Crippen molar-refractivity contribution in [3.63, 3.8) is 0 Å². The van der Waals surface area contributed by atoms with E-state index < -0.39 is 36.7 Å². The van der Waals surface area contributed by atoms with Crippen molar-refractivity contribution >= 4 is 17.8 Å². The number of carboxylic acid groups (broad SMARTS) is 2. The van der Waals surface area contributed by atoms with Gasteiger partial charge in [0.1, 0.15) is 6.61 Å². The summed E-state index contributed by atoms with van der Waals surface area (Å²) in [7, 11) is 0. The summed E-state index contributed by atoms with van der Waals surface area (Å²) in [6.07, 6.45) is 3.75. The second-order valence-electron chi connectivity index (χ2n) is 10.1. The molecule has 2 aromatic rings. The minimum atomic E-state index is -1.71. The zero-order valence-electron chi connectivity index (χ0n) is 23.4. The summed E-state index contributed by atoms with van der Waals surface area (Å²) in [4.78, 5) is 35.6. The molecule has 0 radical (unpaired) electrons. The lowest BCUT2D eigenvalue weighted by Crippen LogP contribution is -2.49. The Labute approximate surface area is 231 Å². The Balaban J connectivity index is 1.79. The molecule has 214 valence electrons. The van der Waals surface area contributed by atoms with Gasteiger partial charge in [-0.15, -0.1) is 0 Å². The molecule has 0 aliphatic heterocycles. The molecule has 0 saturated carbocycles. The van der Waals surface area contributed by atoms with Gasteiger partial charge in [0.15, 0.2) is 12.2 Å². The van der Waals surface area contributed by atoms with Gasteiger partial charge in [-0.1, -0.05) is 60.9 Å². The van der Waals surface area contributed by atoms with Gasteiger partial charge in [-0.25, -0.2) is 9.59 Å². The fraction of sp³-hybridized carbons (Fsp3) is 0.516. The Bertz CT molecular complexity index is 1050. The molecular formula is C31H43NO7. The summed E-state index contributed by atoms with van der Waals surface area (Å²) < 4.78 is 10.7. The number of aryl methyl sites for hydroxylation is 5. The first-order valence-corrected chi connectivity index (χ1v) is 13.7. The molecule has 0 aliphatic rings. The van der Waals surface area contributed by atoms with E-state index in [1.807, 2.05) is 0 Å². The Morgan fingerprint density at radius 2 is 1.38 bits per heavy atom. The number of hydrogen-bond donors (Lipinski definition) is 3. The molecule has 8 nitrogen and oxygen atoms in total. The van der Waals surface area contributed by atoms with Crippen LogP contribution in [0.3, 0.4) is 0 Å². The monoisotopic (exact) mass is 541 g/mol. The highest BCUT2D eigenvalue weighted by Crippen LogP contribution is 2.14. The maximum atomic E-state index is 12.9. The van der Waals surface area contributed by atoms with Crippen LogP contribution in [-0.4, -0.2) is 60.0 Å². The van der Waals surface area contributed by atoms with Crippen LogP contribution in [0.5, 0.6) is 0 Å². The summed E-state index contributed by atoms with van der Waals surface area (Å²) >= 11 is 0. The van der Waals surface area contributed by atoms with E-state index in [0.717, 1.165) is 44.9 Å². The first-order chi connectivity index (χ1) is 18.7. The van der Waals surface area contributed by atoms with Crippen LogP contribution in [0.25, 0.3) is 0 Å². The second kappa shape index (κ2) is 17.4. The first kappa shape index (κ1) is 32.0. The van der Waals surface area contributed by atoms with Gasteiger partial charge in [0.2, 0.25) is 0 Å². The summed E-state index contributed by atoms with van der Waals surface area (Å²) in [5, 5.41) is 21.3. The lowest BCUT2D eigenvalue weighted by molar-refractivity contribution is -0.172. The van der Waals surface area contributed by atoms with E-state index in [9.17, 15) is 19.5 Å². The third kappa shape index (κ3) is 12.4. The average molecular weight is 542 g/mol. The highest BCUT2D eigenvalue weighted by Gasteiger charge is 2.36. The van der Waals surface area contributed by atoms with Crippen LogP contribution in [0.4, 0.5) is 0 Å². The molecule has 2 aromatic carbocycles. The van der Waals surface area contributed by atoms with Gasteiger partial charge in [0, 0.05) is 13.2 Å². The minimum absolute atomic E-state index is 0.168. The molecule has 0 fully saturated rings. The molecule has 3 N–H and O–H groups in total. The van der Waals surface area contributed by atoms with Crippen LogP contribution >= 0.6 is 0 Å². The molecule has 0 aromatic heterocycles. The lowest BCUT2D eigenvalue weighted by atomic mass is 10.0. The Kier molecular flexibility index (Phi) is 14.3. The number of ether oxygens (including phenoxy) is 2. The first-order valence-electron chi connectivity index (χ1n) is 13.7. The molecule has 2 rings (SSSR count). The van der Waals surface area contributed by atoms with Crippen molar-refractivity contribution in [3.8, 4) is 0 Å². The van der Waals surface area contributed by atoms with E-state index in [1.165, 1.54) is 27.8 Å². The fourth-order valence-electron chi connectivity index (χ4n) is 4.22. The van der Waals surface area contributed by atoms with Crippen LogP contribution in [0.1, 0.15) is 66.3 Å². The van der Waals surface area contributed by atoms with Crippen molar-refractivity contribution < 1.29 is 34.1 Å². The number of carboxylic acids is 2. The maximum Gasteiger partial charge on any atom is 0.336 e. The largest absolute Gasteiger partial charge is 0.480 e. The molecule has 0 aliphatic carbocycles. The Hall–Kier alpha value is -3.23. The van der Waals surface area contributed by atoms with Crippen molar-refractivity contribution in [2.75, 3.05) is 19.8 Å². The zero-order valence-corrected chi connectivity index (χ0v) is 23.4. The summed E-state index contributed by atoms with van der Waals surface area (Å²) in [6, 6.07) is 14.8. The van der Waals surface area contributed by atoms with Gasteiger partial charge in [-0.05, 0) is 81.5 Å². The molecule has 0 bridgehead atoms. The molecule has 8 heteroatoms. The summed E-state index contributed by atoms with van der Waals surface area (Å²) in [6.45, 7) is 5.93. The second-order valence-corrected chi connectivity index (χ2v) is 10.1. The number of amides is 1. The van der Waals surface area contributed by atoms with Crippen molar-refractivity contribution in [3.05, 3.63) is 70.3 Å². The fourth-order valence-corrected chi connectivity index (χ4v) is 4.22. The van der Waals surface area contributed by atoms with Gasteiger partial charge in [0.25, 0.3) is 5.91 Å². The molecule has 0 heterocycles. The van der Waals surface area contributed by atoms with E-state index in [-0.39, 0.29) is 6.61 Å². The molecule has 39 heavy (non-hydrogen) atoms. The highest BCUT2D eigenvalue weighted by molar-refractivity contribution is 5.88. The van der Waals surface area contributed by atoms with E-state index >= 15 is 0 Å². The molecule has 0 spiro atoms. The maximum absolute atomic E-state index is 12.9. The smallest absolute Gasteiger partial charge is 0.336 e. The van der Waals surface area contributed by atoms with E-state index in [1.54, 1.807) is 0 Å². The predicted octanol–water partition coefficient (Wildman–Crippen LogP) is 4.79. The van der Waals surface area contributed by atoms with E-state index in [0.29, 0.717) is 13.0 Å². The quantitative estimate of drug-likeness (QED) is 0.219. The summed E-state index contributed by atoms with van der Waals surface area (Å²) in [5.41, 5.74) is 6.28. The van der Waals surface area contributed by atoms with Gasteiger partial charge < -0.3 is 25.0 Å². The van der Waals surface area contributed by atoms with Crippen LogP contribution in [-0.2, 0) is 36.7 Å². The number of carbonyl (C=O) groups excluding carboxylic acids is 1. The van der Waals surface area contributed by atoms with Crippen LogP contribution < -0.4 is 5.32 Å². The van der Waals surface area contributed by atoms with Gasteiger partial charge in [-0.2, -0.15) is 0 Å². The van der Waals surface area contributed by atoms with E-state index in [2.05, 4.69) is 68.6 Å². The molecule has 2 unspecified atom stereocenters. The predicted molar refractivity (Wildman–Crippen MR) is 150 cm³/mol. The van der Waals surface area contributed by atoms with Crippen LogP contribution in [0, 0.1) is 20.8 Å². The standard InChI is InChI=1S/C31H43NO7/c1-22-12-15-25(16-13-22)10-6-4-8-18-32-30(35)28(29(31(36)37)39-21-27(33)34)38-19-9-5-7-11-26-17-14-23(2)24(3)20-26/h12-17,20,28-29H,4-11,18-19,21H2,1-3H3,(H,32,35)(H,33,34)(H,36,37). The van der Waals surface area contributed by atoms with Gasteiger partial charge in [0.05, 0.1) is 0 Å². The van der Waals surface area contributed by atoms with Crippen molar-refractivity contribution in [1.29, 1.82) is 0 Å². The van der Waals surface area contributed by atoms with Crippen molar-refractivity contribution in [1.82, 2.24) is 5.32 Å². The zero-order chi connectivity index (χ0) is 28.6. The van der Waals surface area contributed by atoms with Crippen molar-refractivity contribution in [2.24, 2.45) is 0 Å². The Morgan fingerprint density at radius 1 is 0.744 bits per heavy atom. The number of carbonyl (C=O) groups is 3. The topological polar surface area (TPSA) is 122 Å².